The van der Waals surface area contributed by atoms with Crippen LogP contribution in [0.25, 0.3) is 6.08 Å². The van der Waals surface area contributed by atoms with Gasteiger partial charge in [-0.05, 0) is 51.5 Å². The van der Waals surface area contributed by atoms with Crippen molar-refractivity contribution in [3.63, 3.8) is 0 Å². The lowest BCUT2D eigenvalue weighted by atomic mass is 10.2. The maximum absolute atomic E-state index is 11.4. The highest BCUT2D eigenvalue weighted by atomic mass is 79.9. The Morgan fingerprint density at radius 1 is 1.48 bits per heavy atom. The van der Waals surface area contributed by atoms with Crippen molar-refractivity contribution in [1.29, 1.82) is 0 Å². The average molecular weight is 396 g/mol. The van der Waals surface area contributed by atoms with Gasteiger partial charge in [0.1, 0.15) is 5.82 Å². The van der Waals surface area contributed by atoms with Crippen molar-refractivity contribution < 1.29 is 9.90 Å². The first-order valence-corrected chi connectivity index (χ1v) is 8.50. The Kier molecular flexibility index (Phi) is 5.84. The van der Waals surface area contributed by atoms with Gasteiger partial charge in [0.2, 0.25) is 5.16 Å². The highest BCUT2D eigenvalue weighted by Gasteiger charge is 2.09. The number of aliphatic carboxylic acids is 1. The number of aromatic amines is 1. The number of halogens is 1. The van der Waals surface area contributed by atoms with Gasteiger partial charge in [-0.15, -0.1) is 5.10 Å². The van der Waals surface area contributed by atoms with Gasteiger partial charge in [-0.25, -0.2) is 4.98 Å². The van der Waals surface area contributed by atoms with E-state index >= 15 is 0 Å². The fraction of sp³-hybridized carbons (Fsp3) is 0.267. The third-order valence-corrected chi connectivity index (χ3v) is 4.50. The van der Waals surface area contributed by atoms with Gasteiger partial charge in [0.15, 0.2) is 0 Å². The van der Waals surface area contributed by atoms with Gasteiger partial charge in [-0.3, -0.25) is 5.10 Å². The SMILES string of the molecule is CCc1nc(S/C(=C/c2ccc(N(C)C)c(Br)c2)C(=O)[O-])n[nH]1. The fourth-order valence-electron chi connectivity index (χ4n) is 1.84. The first-order valence-electron chi connectivity index (χ1n) is 6.89. The summed E-state index contributed by atoms with van der Waals surface area (Å²) in [6, 6.07) is 5.61. The normalized spacial score (nSPS) is 11.6. The first-order chi connectivity index (χ1) is 10.9. The molecule has 0 amide bonds. The molecule has 1 aromatic heterocycles. The monoisotopic (exact) mass is 395 g/mol. The zero-order valence-corrected chi connectivity index (χ0v) is 15.4. The molecule has 6 nitrogen and oxygen atoms in total. The van der Waals surface area contributed by atoms with E-state index in [4.69, 9.17) is 0 Å². The number of aromatic nitrogens is 3. The maximum Gasteiger partial charge on any atom is 0.213 e. The third-order valence-electron chi connectivity index (χ3n) is 3.00. The molecule has 1 N–H and O–H groups in total. The Hall–Kier alpha value is -1.80. The zero-order valence-electron chi connectivity index (χ0n) is 13.0. The van der Waals surface area contributed by atoms with Crippen LogP contribution in [0.15, 0.2) is 32.7 Å². The zero-order chi connectivity index (χ0) is 17.0. The molecule has 0 aliphatic heterocycles. The number of nitrogens with zero attached hydrogens (tertiary/aromatic N) is 3. The van der Waals surface area contributed by atoms with E-state index in [0.29, 0.717) is 17.4 Å². The number of carbonyl (C=O) groups is 1. The van der Waals surface area contributed by atoms with E-state index in [1.165, 1.54) is 0 Å². The van der Waals surface area contributed by atoms with Crippen LogP contribution in [-0.2, 0) is 11.2 Å². The highest BCUT2D eigenvalue weighted by molar-refractivity contribution is 9.10. The molecule has 1 aromatic carbocycles. The topological polar surface area (TPSA) is 84.9 Å². The number of carboxylic acids is 1. The minimum atomic E-state index is -1.26. The molecule has 0 saturated heterocycles. The number of nitrogens with one attached hydrogen (secondary N) is 1. The van der Waals surface area contributed by atoms with E-state index in [1.54, 1.807) is 6.08 Å². The van der Waals surface area contributed by atoms with E-state index in [9.17, 15) is 9.90 Å². The van der Waals surface area contributed by atoms with Crippen molar-refractivity contribution in [3.05, 3.63) is 39.0 Å². The van der Waals surface area contributed by atoms with Crippen LogP contribution in [0.5, 0.6) is 0 Å². The van der Waals surface area contributed by atoms with Gasteiger partial charge in [0, 0.05) is 29.9 Å². The Balaban J connectivity index is 2.28. The number of thioether (sulfide) groups is 1. The standard InChI is InChI=1S/C15H17BrN4O2S/c1-4-13-17-15(19-18-13)23-12(14(21)22)8-9-5-6-11(20(2)3)10(16)7-9/h5-8H,4H2,1-3H3,(H,21,22)(H,17,18,19)/p-1/b12-8+. The van der Waals surface area contributed by atoms with Crippen molar-refractivity contribution in [3.8, 4) is 0 Å². The lowest BCUT2D eigenvalue weighted by molar-refractivity contribution is -0.297. The van der Waals surface area contributed by atoms with Crippen molar-refractivity contribution >= 4 is 45.4 Å². The predicted molar refractivity (Wildman–Crippen MR) is 93.1 cm³/mol. The van der Waals surface area contributed by atoms with Crippen LogP contribution in [0.4, 0.5) is 5.69 Å². The minimum absolute atomic E-state index is 0.0520. The molecule has 0 aliphatic carbocycles. The predicted octanol–water partition coefficient (Wildman–Crippen LogP) is 2.08. The summed E-state index contributed by atoms with van der Waals surface area (Å²) in [7, 11) is 3.87. The summed E-state index contributed by atoms with van der Waals surface area (Å²) in [5, 5.41) is 18.5. The Morgan fingerprint density at radius 3 is 2.74 bits per heavy atom. The minimum Gasteiger partial charge on any atom is -0.544 e. The molecule has 2 aromatic rings. The molecule has 0 bridgehead atoms. The fourth-order valence-corrected chi connectivity index (χ4v) is 3.31. The molecule has 8 heteroatoms. The van der Waals surface area contributed by atoms with E-state index in [2.05, 4.69) is 31.1 Å². The molecule has 0 unspecified atom stereocenters. The van der Waals surface area contributed by atoms with Gasteiger partial charge in [-0.2, -0.15) is 0 Å². The largest absolute Gasteiger partial charge is 0.544 e. The molecule has 0 atom stereocenters. The summed E-state index contributed by atoms with van der Waals surface area (Å²) in [5.41, 5.74) is 1.76. The average Bonchev–Trinajstić information content (AvgIpc) is 2.94. The van der Waals surface area contributed by atoms with Crippen LogP contribution < -0.4 is 10.0 Å². The second kappa shape index (κ2) is 7.65. The van der Waals surface area contributed by atoms with Crippen LogP contribution in [0.1, 0.15) is 18.3 Å². The summed E-state index contributed by atoms with van der Waals surface area (Å²) in [6.07, 6.45) is 2.25. The number of benzene rings is 1. The quantitative estimate of drug-likeness (QED) is 0.595. The smallest absolute Gasteiger partial charge is 0.213 e. The molecule has 0 fully saturated rings. The molecular formula is C15H16BrN4O2S-. The maximum atomic E-state index is 11.4. The Bertz CT molecular complexity index is 743. The van der Waals surface area contributed by atoms with Crippen molar-refractivity contribution in [2.45, 2.75) is 18.5 Å². The van der Waals surface area contributed by atoms with Gasteiger partial charge < -0.3 is 14.8 Å². The van der Waals surface area contributed by atoms with Gasteiger partial charge in [0.05, 0.1) is 11.7 Å². The number of hydrogen-bond acceptors (Lipinski definition) is 6. The summed E-state index contributed by atoms with van der Waals surface area (Å²) < 4.78 is 0.880. The van der Waals surface area contributed by atoms with Crippen LogP contribution in [0, 0.1) is 0 Å². The second-order valence-electron chi connectivity index (χ2n) is 4.92. The number of hydrogen-bond donors (Lipinski definition) is 1. The number of carbonyl (C=O) groups excluding carboxylic acids is 1. The number of aryl methyl sites for hydroxylation is 1. The number of H-pyrrole nitrogens is 1. The Morgan fingerprint density at radius 2 is 2.22 bits per heavy atom. The van der Waals surface area contributed by atoms with E-state index in [1.807, 2.05) is 44.1 Å². The Labute approximate surface area is 147 Å². The molecule has 2 rings (SSSR count). The van der Waals surface area contributed by atoms with Crippen molar-refractivity contribution in [2.75, 3.05) is 19.0 Å². The second-order valence-corrected chi connectivity index (χ2v) is 6.79. The van der Waals surface area contributed by atoms with Gasteiger partial charge in [0.25, 0.3) is 0 Å². The van der Waals surface area contributed by atoms with E-state index in [-0.39, 0.29) is 4.91 Å². The molecule has 1 heterocycles. The highest BCUT2D eigenvalue weighted by Crippen LogP contribution is 2.29. The van der Waals surface area contributed by atoms with Crippen LogP contribution >= 0.6 is 27.7 Å². The van der Waals surface area contributed by atoms with Crippen LogP contribution in [-0.4, -0.2) is 35.2 Å². The first kappa shape index (κ1) is 17.6. The van der Waals surface area contributed by atoms with Crippen LogP contribution in [0.2, 0.25) is 0 Å². The molecule has 0 spiro atoms. The lowest BCUT2D eigenvalue weighted by Crippen LogP contribution is -2.23. The summed E-state index contributed by atoms with van der Waals surface area (Å²) in [4.78, 5) is 17.6. The van der Waals surface area contributed by atoms with Crippen molar-refractivity contribution in [1.82, 2.24) is 15.2 Å². The number of anilines is 1. The van der Waals surface area contributed by atoms with E-state index in [0.717, 1.165) is 27.5 Å². The number of rotatable bonds is 6. The molecular weight excluding hydrogens is 380 g/mol. The molecule has 0 aliphatic rings. The summed E-state index contributed by atoms with van der Waals surface area (Å²) in [6.45, 7) is 1.94. The van der Waals surface area contributed by atoms with Crippen LogP contribution in [0.3, 0.4) is 0 Å². The molecule has 0 saturated carbocycles. The lowest BCUT2D eigenvalue weighted by Gasteiger charge is -2.15. The van der Waals surface area contributed by atoms with Gasteiger partial charge >= 0.3 is 0 Å². The third kappa shape index (κ3) is 4.59. The van der Waals surface area contributed by atoms with Crippen molar-refractivity contribution in [2.24, 2.45) is 0 Å². The summed E-state index contributed by atoms with van der Waals surface area (Å²) in [5.74, 6) is -0.547. The molecule has 122 valence electrons. The molecule has 23 heavy (non-hydrogen) atoms. The molecule has 0 radical (unpaired) electrons. The van der Waals surface area contributed by atoms with Gasteiger partial charge in [-0.1, -0.05) is 13.0 Å². The number of carboxylic acid groups (broad SMARTS) is 1. The summed E-state index contributed by atoms with van der Waals surface area (Å²) >= 11 is 4.45. The van der Waals surface area contributed by atoms with E-state index < -0.39 is 5.97 Å².